The lowest BCUT2D eigenvalue weighted by Crippen LogP contribution is -2.15. The van der Waals surface area contributed by atoms with Crippen LogP contribution in [0, 0.1) is 13.8 Å². The Labute approximate surface area is 118 Å². The quantitative estimate of drug-likeness (QED) is 0.835. The summed E-state index contributed by atoms with van der Waals surface area (Å²) in [6, 6.07) is 9.98. The summed E-state index contributed by atoms with van der Waals surface area (Å²) in [6.07, 6.45) is 0. The molecule has 4 heteroatoms. The van der Waals surface area contributed by atoms with Gasteiger partial charge in [0.15, 0.2) is 0 Å². The van der Waals surface area contributed by atoms with Crippen molar-refractivity contribution in [3.05, 3.63) is 53.0 Å². The van der Waals surface area contributed by atoms with E-state index in [4.69, 9.17) is 22.4 Å². The molecule has 0 aliphatic rings. The van der Waals surface area contributed by atoms with Crippen molar-refractivity contribution in [3.63, 3.8) is 0 Å². The Hall–Kier alpha value is -1.81. The molecule has 3 N–H and O–H groups in total. The van der Waals surface area contributed by atoms with Gasteiger partial charge in [0.05, 0.1) is 6.04 Å². The highest BCUT2D eigenvalue weighted by Gasteiger charge is 2.12. The van der Waals surface area contributed by atoms with Gasteiger partial charge in [0.25, 0.3) is 0 Å². The van der Waals surface area contributed by atoms with E-state index in [1.165, 1.54) is 0 Å². The van der Waals surface area contributed by atoms with Crippen LogP contribution in [0.1, 0.15) is 35.6 Å². The van der Waals surface area contributed by atoms with E-state index in [-0.39, 0.29) is 6.04 Å². The number of anilines is 1. The second kappa shape index (κ2) is 5.45. The average molecular weight is 274 g/mol. The van der Waals surface area contributed by atoms with Gasteiger partial charge in [-0.3, -0.25) is 0 Å². The first-order valence-corrected chi connectivity index (χ1v) is 6.61. The Morgan fingerprint density at radius 3 is 2.58 bits per heavy atom. The van der Waals surface area contributed by atoms with Crippen LogP contribution in [0.15, 0.2) is 34.7 Å². The standard InChI is InChI=1S/C15H18N2OS/c1-9-4-6-12(15(16)19)13(8-9)17-11(3)14-7-5-10(2)18-14/h4-8,11,17H,1-3H3,(H2,16,19). The molecule has 1 aromatic carbocycles. The highest BCUT2D eigenvalue weighted by molar-refractivity contribution is 7.80. The smallest absolute Gasteiger partial charge is 0.126 e. The number of rotatable bonds is 4. The second-order valence-corrected chi connectivity index (χ2v) is 5.17. The van der Waals surface area contributed by atoms with Gasteiger partial charge in [0.1, 0.15) is 16.5 Å². The maximum absolute atomic E-state index is 5.75. The minimum absolute atomic E-state index is 0.0589. The highest BCUT2D eigenvalue weighted by Crippen LogP contribution is 2.24. The van der Waals surface area contributed by atoms with E-state index in [0.29, 0.717) is 4.99 Å². The van der Waals surface area contributed by atoms with E-state index in [9.17, 15) is 0 Å². The molecule has 1 atom stereocenters. The molecule has 0 saturated carbocycles. The maximum Gasteiger partial charge on any atom is 0.126 e. The molecule has 0 amide bonds. The zero-order valence-electron chi connectivity index (χ0n) is 11.4. The van der Waals surface area contributed by atoms with E-state index in [2.05, 4.69) is 5.32 Å². The van der Waals surface area contributed by atoms with E-state index < -0.39 is 0 Å². The Morgan fingerprint density at radius 1 is 1.26 bits per heavy atom. The predicted molar refractivity (Wildman–Crippen MR) is 82.5 cm³/mol. The zero-order valence-corrected chi connectivity index (χ0v) is 12.2. The molecule has 1 heterocycles. The third-order valence-electron chi connectivity index (χ3n) is 3.00. The van der Waals surface area contributed by atoms with Crippen molar-refractivity contribution in [2.75, 3.05) is 5.32 Å². The summed E-state index contributed by atoms with van der Waals surface area (Å²) >= 11 is 5.08. The number of nitrogens with two attached hydrogens (primary N) is 1. The molecule has 2 rings (SSSR count). The lowest BCUT2D eigenvalue weighted by molar-refractivity contribution is 0.467. The normalized spacial score (nSPS) is 12.2. The highest BCUT2D eigenvalue weighted by atomic mass is 32.1. The van der Waals surface area contributed by atoms with Gasteiger partial charge in [0, 0.05) is 11.3 Å². The molecule has 1 aromatic heterocycles. The van der Waals surface area contributed by atoms with Crippen molar-refractivity contribution < 1.29 is 4.42 Å². The van der Waals surface area contributed by atoms with Gasteiger partial charge in [-0.25, -0.2) is 0 Å². The summed E-state index contributed by atoms with van der Waals surface area (Å²) in [5, 5.41) is 3.40. The number of nitrogens with one attached hydrogen (secondary N) is 1. The first-order valence-electron chi connectivity index (χ1n) is 6.20. The number of thiocarbonyl (C=S) groups is 1. The summed E-state index contributed by atoms with van der Waals surface area (Å²) < 4.78 is 5.62. The third kappa shape index (κ3) is 3.15. The van der Waals surface area contributed by atoms with Crippen molar-refractivity contribution in [2.45, 2.75) is 26.8 Å². The lowest BCUT2D eigenvalue weighted by Gasteiger charge is -2.16. The fourth-order valence-electron chi connectivity index (χ4n) is 1.98. The molecule has 0 aliphatic carbocycles. The number of hydrogen-bond donors (Lipinski definition) is 2. The van der Waals surface area contributed by atoms with Crippen molar-refractivity contribution in [1.29, 1.82) is 0 Å². The minimum Gasteiger partial charge on any atom is -0.464 e. The first-order chi connectivity index (χ1) is 8.97. The van der Waals surface area contributed by atoms with Crippen molar-refractivity contribution >= 4 is 22.9 Å². The van der Waals surface area contributed by atoms with Gasteiger partial charge in [-0.2, -0.15) is 0 Å². The van der Waals surface area contributed by atoms with Crippen molar-refractivity contribution in [3.8, 4) is 0 Å². The van der Waals surface area contributed by atoms with Crippen molar-refractivity contribution in [1.82, 2.24) is 0 Å². The van der Waals surface area contributed by atoms with Crippen LogP contribution in [-0.4, -0.2) is 4.99 Å². The fraction of sp³-hybridized carbons (Fsp3) is 0.267. The largest absolute Gasteiger partial charge is 0.464 e. The van der Waals surface area contributed by atoms with Gasteiger partial charge in [-0.05, 0) is 50.6 Å². The van der Waals surface area contributed by atoms with Gasteiger partial charge >= 0.3 is 0 Å². The average Bonchev–Trinajstić information content (AvgIpc) is 2.75. The summed E-state index contributed by atoms with van der Waals surface area (Å²) in [7, 11) is 0. The molecule has 2 aromatic rings. The van der Waals surface area contributed by atoms with E-state index in [1.54, 1.807) is 0 Å². The summed E-state index contributed by atoms with van der Waals surface area (Å²) in [5.41, 5.74) is 8.70. The lowest BCUT2D eigenvalue weighted by atomic mass is 10.1. The summed E-state index contributed by atoms with van der Waals surface area (Å²) in [4.78, 5) is 0.394. The van der Waals surface area contributed by atoms with Crippen LogP contribution in [0.3, 0.4) is 0 Å². The second-order valence-electron chi connectivity index (χ2n) is 4.73. The fourth-order valence-corrected chi connectivity index (χ4v) is 2.16. The summed E-state index contributed by atoms with van der Waals surface area (Å²) in [5.74, 6) is 1.80. The van der Waals surface area contributed by atoms with E-state index >= 15 is 0 Å². The molecule has 0 spiro atoms. The molecule has 0 bridgehead atoms. The molecular formula is C15H18N2OS. The van der Waals surface area contributed by atoms with Crippen LogP contribution in [0.25, 0.3) is 0 Å². The zero-order chi connectivity index (χ0) is 14.0. The molecule has 0 radical (unpaired) electrons. The topological polar surface area (TPSA) is 51.2 Å². The predicted octanol–water partition coefficient (Wildman–Crippen LogP) is 3.70. The van der Waals surface area contributed by atoms with Crippen LogP contribution >= 0.6 is 12.2 Å². The van der Waals surface area contributed by atoms with Gasteiger partial charge in [-0.15, -0.1) is 0 Å². The molecule has 1 unspecified atom stereocenters. The SMILES string of the molecule is Cc1ccc(C(N)=S)c(NC(C)c2ccc(C)o2)c1. The van der Waals surface area contributed by atoms with E-state index in [0.717, 1.165) is 28.3 Å². The Bertz CT molecular complexity index is 604. The third-order valence-corrected chi connectivity index (χ3v) is 3.22. The molecule has 19 heavy (non-hydrogen) atoms. The van der Waals surface area contributed by atoms with Crippen LogP contribution in [0.2, 0.25) is 0 Å². The number of furan rings is 1. The van der Waals surface area contributed by atoms with E-state index in [1.807, 2.05) is 51.1 Å². The van der Waals surface area contributed by atoms with Crippen LogP contribution in [0.4, 0.5) is 5.69 Å². The molecule has 0 saturated heterocycles. The van der Waals surface area contributed by atoms with Crippen LogP contribution in [-0.2, 0) is 0 Å². The van der Waals surface area contributed by atoms with Crippen molar-refractivity contribution in [2.24, 2.45) is 5.73 Å². The number of hydrogen-bond acceptors (Lipinski definition) is 3. The molecule has 3 nitrogen and oxygen atoms in total. The summed E-state index contributed by atoms with van der Waals surface area (Å²) in [6.45, 7) is 6.02. The van der Waals surface area contributed by atoms with Gasteiger partial charge < -0.3 is 15.5 Å². The monoisotopic (exact) mass is 274 g/mol. The minimum atomic E-state index is 0.0589. The molecular weight excluding hydrogens is 256 g/mol. The molecule has 100 valence electrons. The van der Waals surface area contributed by atoms with Crippen LogP contribution in [0.5, 0.6) is 0 Å². The molecule has 0 aliphatic heterocycles. The van der Waals surface area contributed by atoms with Gasteiger partial charge in [-0.1, -0.05) is 18.3 Å². The number of aryl methyl sites for hydroxylation is 2. The Morgan fingerprint density at radius 2 is 2.00 bits per heavy atom. The number of benzene rings is 1. The van der Waals surface area contributed by atoms with Crippen LogP contribution < -0.4 is 11.1 Å². The first kappa shape index (κ1) is 13.6. The van der Waals surface area contributed by atoms with Gasteiger partial charge in [0.2, 0.25) is 0 Å². The maximum atomic E-state index is 5.75. The molecule has 0 fully saturated rings. The Kier molecular flexibility index (Phi) is 3.90. The Balaban J connectivity index is 2.27.